The van der Waals surface area contributed by atoms with Crippen LogP contribution in [0.1, 0.15) is 38.5 Å². The van der Waals surface area contributed by atoms with E-state index < -0.39 is 17.9 Å². The molecule has 0 unspecified atom stereocenters. The molecule has 1 fully saturated rings. The lowest BCUT2D eigenvalue weighted by Crippen LogP contribution is -2.43. The minimum Gasteiger partial charge on any atom is -0.480 e. The summed E-state index contributed by atoms with van der Waals surface area (Å²) in [4.78, 5) is 33.2. The van der Waals surface area contributed by atoms with Crippen molar-refractivity contribution in [3.05, 3.63) is 0 Å². The first-order valence-corrected chi connectivity index (χ1v) is 5.82. The lowest BCUT2D eigenvalue weighted by molar-refractivity contribution is -0.142. The second-order valence-corrected chi connectivity index (χ2v) is 4.39. The van der Waals surface area contributed by atoms with Crippen molar-refractivity contribution in [3.8, 4) is 0 Å². The Morgan fingerprint density at radius 1 is 1.29 bits per heavy atom. The molecule has 1 aliphatic carbocycles. The number of hydrogen-bond donors (Lipinski definition) is 3. The van der Waals surface area contributed by atoms with Crippen LogP contribution in [0.2, 0.25) is 0 Å². The van der Waals surface area contributed by atoms with Crippen LogP contribution in [-0.2, 0) is 14.4 Å². The van der Waals surface area contributed by atoms with Crippen LogP contribution >= 0.6 is 0 Å². The zero-order valence-corrected chi connectivity index (χ0v) is 9.65. The number of amides is 2. The Balaban J connectivity index is 2.44. The maximum absolute atomic E-state index is 11.7. The zero-order valence-electron chi connectivity index (χ0n) is 9.65. The number of hydrogen-bond acceptors (Lipinski definition) is 3. The first kappa shape index (κ1) is 13.5. The van der Waals surface area contributed by atoms with Gasteiger partial charge in [-0.15, -0.1) is 0 Å². The molecular weight excluding hydrogens is 224 g/mol. The molecule has 2 amide bonds. The fourth-order valence-corrected chi connectivity index (χ4v) is 2.02. The standard InChI is InChI=1S/C11H18N2O4/c12-9(14)6-5-8(11(16)17)13-10(15)7-3-1-2-4-7/h7-8H,1-6H2,(H2,12,14)(H,13,15)(H,16,17)/t8-/m1/s1. The fraction of sp³-hybridized carbons (Fsp3) is 0.727. The molecule has 0 aliphatic heterocycles. The molecule has 0 bridgehead atoms. The van der Waals surface area contributed by atoms with E-state index in [1.165, 1.54) is 0 Å². The summed E-state index contributed by atoms with van der Waals surface area (Å²) >= 11 is 0. The highest BCUT2D eigenvalue weighted by molar-refractivity contribution is 5.85. The van der Waals surface area contributed by atoms with E-state index in [2.05, 4.69) is 5.32 Å². The quantitative estimate of drug-likeness (QED) is 0.609. The van der Waals surface area contributed by atoms with E-state index in [1.54, 1.807) is 0 Å². The Morgan fingerprint density at radius 3 is 2.35 bits per heavy atom. The summed E-state index contributed by atoms with van der Waals surface area (Å²) in [6.45, 7) is 0. The number of carboxylic acids is 1. The van der Waals surface area contributed by atoms with Crippen molar-refractivity contribution in [2.75, 3.05) is 0 Å². The molecule has 96 valence electrons. The predicted octanol–water partition coefficient (Wildman–Crippen LogP) is 0.0115. The average Bonchev–Trinajstić information content (AvgIpc) is 2.76. The fourth-order valence-electron chi connectivity index (χ4n) is 2.02. The van der Waals surface area contributed by atoms with Crippen LogP contribution < -0.4 is 11.1 Å². The van der Waals surface area contributed by atoms with E-state index in [4.69, 9.17) is 10.8 Å². The van der Waals surface area contributed by atoms with Gasteiger partial charge in [0.25, 0.3) is 0 Å². The molecule has 4 N–H and O–H groups in total. The smallest absolute Gasteiger partial charge is 0.326 e. The molecule has 6 heteroatoms. The molecule has 0 saturated heterocycles. The van der Waals surface area contributed by atoms with E-state index in [1.807, 2.05) is 0 Å². The van der Waals surface area contributed by atoms with Crippen LogP contribution in [0, 0.1) is 5.92 Å². The number of carboxylic acid groups (broad SMARTS) is 1. The molecule has 17 heavy (non-hydrogen) atoms. The third-order valence-corrected chi connectivity index (χ3v) is 3.02. The normalized spacial score (nSPS) is 17.6. The van der Waals surface area contributed by atoms with E-state index in [0.717, 1.165) is 25.7 Å². The molecular formula is C11H18N2O4. The topological polar surface area (TPSA) is 109 Å². The van der Waals surface area contributed by atoms with E-state index in [9.17, 15) is 14.4 Å². The van der Waals surface area contributed by atoms with Crippen LogP contribution in [0.5, 0.6) is 0 Å². The summed E-state index contributed by atoms with van der Waals surface area (Å²) < 4.78 is 0. The van der Waals surface area contributed by atoms with Crippen LogP contribution in [0.15, 0.2) is 0 Å². The largest absolute Gasteiger partial charge is 0.480 e. The molecule has 0 aromatic heterocycles. The molecule has 1 saturated carbocycles. The lowest BCUT2D eigenvalue weighted by atomic mass is 10.1. The third kappa shape index (κ3) is 4.42. The van der Waals surface area contributed by atoms with Crippen molar-refractivity contribution >= 4 is 17.8 Å². The van der Waals surface area contributed by atoms with Gasteiger partial charge >= 0.3 is 5.97 Å². The molecule has 0 spiro atoms. The zero-order chi connectivity index (χ0) is 12.8. The number of aliphatic carboxylic acids is 1. The first-order valence-electron chi connectivity index (χ1n) is 5.82. The van der Waals surface area contributed by atoms with Gasteiger partial charge in [0.05, 0.1) is 0 Å². The second-order valence-electron chi connectivity index (χ2n) is 4.39. The SMILES string of the molecule is NC(=O)CC[C@@H](NC(=O)C1CCCC1)C(=O)O. The third-order valence-electron chi connectivity index (χ3n) is 3.02. The van der Waals surface area contributed by atoms with Crippen LogP contribution in [0.3, 0.4) is 0 Å². The number of nitrogens with two attached hydrogens (primary N) is 1. The monoisotopic (exact) mass is 242 g/mol. The van der Waals surface area contributed by atoms with Gasteiger partial charge in [-0.25, -0.2) is 4.79 Å². The Kier molecular flexibility index (Phi) is 4.93. The molecule has 1 rings (SSSR count). The van der Waals surface area contributed by atoms with Crippen molar-refractivity contribution in [2.24, 2.45) is 11.7 Å². The summed E-state index contributed by atoms with van der Waals surface area (Å²) in [5.41, 5.74) is 4.95. The van der Waals surface area contributed by atoms with Gasteiger partial charge in [0, 0.05) is 12.3 Å². The van der Waals surface area contributed by atoms with Crippen molar-refractivity contribution < 1.29 is 19.5 Å². The number of nitrogens with one attached hydrogen (secondary N) is 1. The summed E-state index contributed by atoms with van der Waals surface area (Å²) in [7, 11) is 0. The minimum atomic E-state index is -1.13. The highest BCUT2D eigenvalue weighted by Crippen LogP contribution is 2.24. The summed E-state index contributed by atoms with van der Waals surface area (Å²) in [6, 6.07) is -1.02. The molecule has 0 radical (unpaired) electrons. The van der Waals surface area contributed by atoms with Gasteiger partial charge < -0.3 is 16.2 Å². The summed E-state index contributed by atoms with van der Waals surface area (Å²) in [6.07, 6.45) is 3.65. The van der Waals surface area contributed by atoms with E-state index in [0.29, 0.717) is 0 Å². The maximum atomic E-state index is 11.7. The van der Waals surface area contributed by atoms with Crippen molar-refractivity contribution in [3.63, 3.8) is 0 Å². The molecule has 0 aromatic carbocycles. The first-order chi connectivity index (χ1) is 8.00. The minimum absolute atomic E-state index is 0.0398. The van der Waals surface area contributed by atoms with Gasteiger partial charge in [-0.05, 0) is 19.3 Å². The Hall–Kier alpha value is -1.59. The van der Waals surface area contributed by atoms with Gasteiger partial charge in [0.1, 0.15) is 6.04 Å². The maximum Gasteiger partial charge on any atom is 0.326 e. The molecule has 6 nitrogen and oxygen atoms in total. The molecule has 0 heterocycles. The van der Waals surface area contributed by atoms with Gasteiger partial charge in [-0.1, -0.05) is 12.8 Å². The van der Waals surface area contributed by atoms with Crippen molar-refractivity contribution in [1.82, 2.24) is 5.32 Å². The van der Waals surface area contributed by atoms with E-state index in [-0.39, 0.29) is 24.7 Å². The van der Waals surface area contributed by atoms with Gasteiger partial charge in [0.2, 0.25) is 11.8 Å². The van der Waals surface area contributed by atoms with Crippen LogP contribution in [0.25, 0.3) is 0 Å². The van der Waals surface area contributed by atoms with Crippen molar-refractivity contribution in [1.29, 1.82) is 0 Å². The van der Waals surface area contributed by atoms with Gasteiger partial charge in [-0.2, -0.15) is 0 Å². The average molecular weight is 242 g/mol. The van der Waals surface area contributed by atoms with Crippen molar-refractivity contribution in [2.45, 2.75) is 44.6 Å². The molecule has 0 aromatic rings. The lowest BCUT2D eigenvalue weighted by Gasteiger charge is -2.16. The Labute approximate surface area is 99.6 Å². The van der Waals surface area contributed by atoms with Crippen LogP contribution in [-0.4, -0.2) is 28.9 Å². The number of carbonyl (C=O) groups excluding carboxylic acids is 2. The number of carbonyl (C=O) groups is 3. The Bertz CT molecular complexity index is 311. The van der Waals surface area contributed by atoms with E-state index >= 15 is 0 Å². The summed E-state index contributed by atoms with van der Waals surface area (Å²) in [5, 5.41) is 11.4. The number of rotatable bonds is 6. The number of primary amides is 1. The van der Waals surface area contributed by atoms with Gasteiger partial charge in [-0.3, -0.25) is 9.59 Å². The van der Waals surface area contributed by atoms with Crippen LogP contribution in [0.4, 0.5) is 0 Å². The summed E-state index contributed by atoms with van der Waals surface area (Å²) in [5.74, 6) is -1.99. The second kappa shape index (κ2) is 6.22. The molecule has 1 atom stereocenters. The highest BCUT2D eigenvalue weighted by Gasteiger charge is 2.27. The van der Waals surface area contributed by atoms with Gasteiger partial charge in [0.15, 0.2) is 0 Å². The molecule has 1 aliphatic rings. The Morgan fingerprint density at radius 2 is 1.88 bits per heavy atom. The highest BCUT2D eigenvalue weighted by atomic mass is 16.4. The predicted molar refractivity (Wildman–Crippen MR) is 60.0 cm³/mol.